The van der Waals surface area contributed by atoms with Crippen LogP contribution in [0.1, 0.15) is 50.0 Å². The fourth-order valence-corrected chi connectivity index (χ4v) is 4.99. The van der Waals surface area contributed by atoms with E-state index in [1.807, 2.05) is 64.1 Å². The number of pyridine rings is 1. The first kappa shape index (κ1) is 23.8. The first-order valence-electron chi connectivity index (χ1n) is 12.1. The summed E-state index contributed by atoms with van der Waals surface area (Å²) in [6.45, 7) is 15.8. The highest BCUT2D eigenvalue weighted by atomic mass is 16.5. The third-order valence-electron chi connectivity index (χ3n) is 7.11. The fraction of sp³-hybridized carbons (Fsp3) is 0.300. The summed E-state index contributed by atoms with van der Waals surface area (Å²) < 4.78 is 12.2. The predicted molar refractivity (Wildman–Crippen MR) is 141 cm³/mol. The molecule has 0 bridgehead atoms. The van der Waals surface area contributed by atoms with Crippen LogP contribution in [0.15, 0.2) is 48.7 Å². The smallest absolute Gasteiger partial charge is 0.337 e. The van der Waals surface area contributed by atoms with Gasteiger partial charge in [-0.25, -0.2) is 9.64 Å². The molecule has 1 aliphatic heterocycles. The van der Waals surface area contributed by atoms with Gasteiger partial charge < -0.3 is 14.6 Å². The number of rotatable bonds is 6. The molecule has 3 aromatic carbocycles. The van der Waals surface area contributed by atoms with Crippen LogP contribution in [0.2, 0.25) is 0 Å². The van der Waals surface area contributed by atoms with E-state index in [-0.39, 0.29) is 0 Å². The number of aliphatic carboxylic acids is 1. The molecule has 1 N–H and O–H groups in total. The molecule has 4 aromatic rings. The first-order chi connectivity index (χ1) is 17.2. The lowest BCUT2D eigenvalue weighted by Gasteiger charge is -2.31. The van der Waals surface area contributed by atoms with Crippen molar-refractivity contribution in [2.24, 2.45) is 0 Å². The van der Waals surface area contributed by atoms with Crippen LogP contribution in [0.25, 0.3) is 37.6 Å². The van der Waals surface area contributed by atoms with Gasteiger partial charge in [0.2, 0.25) is 0 Å². The van der Waals surface area contributed by atoms with E-state index in [2.05, 4.69) is 4.85 Å². The van der Waals surface area contributed by atoms with Crippen LogP contribution in [0.4, 0.5) is 5.69 Å². The molecule has 6 nitrogen and oxygen atoms in total. The summed E-state index contributed by atoms with van der Waals surface area (Å²) in [7, 11) is 0. The Bertz CT molecular complexity index is 1560. The highest BCUT2D eigenvalue weighted by Crippen LogP contribution is 2.45. The number of ether oxygens (including phenoxy) is 2. The van der Waals surface area contributed by atoms with Crippen molar-refractivity contribution in [3.63, 3.8) is 0 Å². The molecule has 0 radical (unpaired) electrons. The lowest BCUT2D eigenvalue weighted by Crippen LogP contribution is -2.30. The lowest BCUT2D eigenvalue weighted by molar-refractivity contribution is -0.162. The molecule has 1 aromatic heterocycles. The van der Waals surface area contributed by atoms with Gasteiger partial charge in [-0.05, 0) is 78.9 Å². The van der Waals surface area contributed by atoms with Gasteiger partial charge in [-0.15, -0.1) is 0 Å². The van der Waals surface area contributed by atoms with Gasteiger partial charge in [0.05, 0.1) is 24.3 Å². The second-order valence-electron chi connectivity index (χ2n) is 9.85. The third-order valence-corrected chi connectivity index (χ3v) is 7.11. The van der Waals surface area contributed by atoms with E-state index in [4.69, 9.17) is 21.0 Å². The zero-order valence-corrected chi connectivity index (χ0v) is 20.9. The topological polar surface area (TPSA) is 73.0 Å². The molecule has 0 spiro atoms. The molecule has 1 aliphatic rings. The fourth-order valence-electron chi connectivity index (χ4n) is 4.99. The van der Waals surface area contributed by atoms with Gasteiger partial charge in [0.15, 0.2) is 11.8 Å². The van der Waals surface area contributed by atoms with Crippen molar-refractivity contribution in [2.75, 3.05) is 6.61 Å². The van der Waals surface area contributed by atoms with E-state index in [1.54, 1.807) is 12.3 Å². The molecule has 1 unspecified atom stereocenters. The highest BCUT2D eigenvalue weighted by Gasteiger charge is 2.33. The maximum Gasteiger partial charge on any atom is 0.337 e. The van der Waals surface area contributed by atoms with Crippen molar-refractivity contribution < 1.29 is 19.4 Å². The summed E-state index contributed by atoms with van der Waals surface area (Å²) in [4.78, 5) is 21.0. The second kappa shape index (κ2) is 8.92. The van der Waals surface area contributed by atoms with Gasteiger partial charge in [0.25, 0.3) is 0 Å². The average molecular weight is 481 g/mol. The number of aromatic nitrogens is 1. The lowest BCUT2D eigenvalue weighted by atomic mass is 9.85. The predicted octanol–water partition coefficient (Wildman–Crippen LogP) is 7.18. The molecule has 182 valence electrons. The highest BCUT2D eigenvalue weighted by molar-refractivity contribution is 6.09. The van der Waals surface area contributed by atoms with Crippen molar-refractivity contribution in [1.29, 1.82) is 0 Å². The van der Waals surface area contributed by atoms with Crippen LogP contribution in [0, 0.1) is 13.5 Å². The summed E-state index contributed by atoms with van der Waals surface area (Å²) >= 11 is 0. The van der Waals surface area contributed by atoms with E-state index >= 15 is 0 Å². The van der Waals surface area contributed by atoms with E-state index < -0.39 is 17.7 Å². The Kier molecular flexibility index (Phi) is 5.89. The van der Waals surface area contributed by atoms with Crippen molar-refractivity contribution in [1.82, 2.24) is 4.98 Å². The molecule has 2 heterocycles. The van der Waals surface area contributed by atoms with E-state index in [9.17, 15) is 9.90 Å². The monoisotopic (exact) mass is 480 g/mol. The first-order valence-corrected chi connectivity index (χ1v) is 12.1. The maximum atomic E-state index is 12.7. The molecule has 0 saturated heterocycles. The number of carbonyl (C=O) groups is 1. The molecule has 5 rings (SSSR count). The molecular weight excluding hydrogens is 452 g/mol. The maximum absolute atomic E-state index is 12.7. The van der Waals surface area contributed by atoms with E-state index in [0.717, 1.165) is 56.1 Å². The molecular formula is C30H28N2O4. The third kappa shape index (κ3) is 3.96. The Morgan fingerprint density at radius 3 is 2.78 bits per heavy atom. The Morgan fingerprint density at radius 2 is 2.06 bits per heavy atom. The Morgan fingerprint density at radius 1 is 1.25 bits per heavy atom. The molecule has 1 atom stereocenters. The molecule has 0 aliphatic carbocycles. The number of carboxylic acid groups (broad SMARTS) is 1. The van der Waals surface area contributed by atoms with E-state index in [1.165, 1.54) is 0 Å². The molecule has 36 heavy (non-hydrogen) atoms. The molecule has 6 heteroatoms. The zero-order valence-electron chi connectivity index (χ0n) is 20.9. The van der Waals surface area contributed by atoms with Crippen molar-refractivity contribution in [3.8, 4) is 16.9 Å². The van der Waals surface area contributed by atoms with Gasteiger partial charge in [0, 0.05) is 29.1 Å². The van der Waals surface area contributed by atoms with Gasteiger partial charge in [-0.1, -0.05) is 25.1 Å². The summed E-state index contributed by atoms with van der Waals surface area (Å²) in [5.41, 5.74) is 4.80. The largest absolute Gasteiger partial charge is 0.493 e. The molecule has 0 amide bonds. The number of aryl methyl sites for hydroxylation is 1. The summed E-state index contributed by atoms with van der Waals surface area (Å²) in [5, 5.41) is 13.1. The van der Waals surface area contributed by atoms with Crippen LogP contribution in [-0.2, 0) is 16.0 Å². The summed E-state index contributed by atoms with van der Waals surface area (Å²) in [5.74, 6) is -0.257. The normalized spacial score (nSPS) is 13.9. The van der Waals surface area contributed by atoms with Crippen LogP contribution in [0.3, 0.4) is 0 Å². The summed E-state index contributed by atoms with van der Waals surface area (Å²) in [6, 6.07) is 13.4. The standard InChI is InChI=1S/C30H28N2O4/c1-6-30(3,4)36-28(29(33)34)24-17(2)15-19-16-20(31-5)7-8-21(19)26(24)22-9-10-23-25-18(12-14-35-23)11-13-32-27(22)25/h7-11,13,15-16,28H,6,12,14H2,1-4H3,(H,33,34). The number of hydrogen-bond acceptors (Lipinski definition) is 4. The Hall–Kier alpha value is -3.95. The van der Waals surface area contributed by atoms with Crippen LogP contribution >= 0.6 is 0 Å². The summed E-state index contributed by atoms with van der Waals surface area (Å²) in [6.07, 6.45) is 2.07. The van der Waals surface area contributed by atoms with Gasteiger partial charge in [0.1, 0.15) is 5.75 Å². The van der Waals surface area contributed by atoms with Crippen molar-refractivity contribution >= 4 is 33.3 Å². The van der Waals surface area contributed by atoms with Gasteiger partial charge >= 0.3 is 5.97 Å². The molecule has 0 saturated carbocycles. The van der Waals surface area contributed by atoms with Gasteiger partial charge in [-0.3, -0.25) is 4.98 Å². The minimum Gasteiger partial charge on any atom is -0.493 e. The average Bonchev–Trinajstić information content (AvgIpc) is 2.87. The van der Waals surface area contributed by atoms with Crippen LogP contribution < -0.4 is 4.74 Å². The minimum atomic E-state index is -1.18. The van der Waals surface area contributed by atoms with Crippen LogP contribution in [-0.4, -0.2) is 28.3 Å². The zero-order chi connectivity index (χ0) is 25.6. The van der Waals surface area contributed by atoms with Crippen molar-refractivity contribution in [2.45, 2.75) is 52.2 Å². The van der Waals surface area contributed by atoms with Crippen LogP contribution in [0.5, 0.6) is 5.75 Å². The van der Waals surface area contributed by atoms with Gasteiger partial charge in [-0.2, -0.15) is 0 Å². The molecule has 0 fully saturated rings. The second-order valence-corrected chi connectivity index (χ2v) is 9.85. The van der Waals surface area contributed by atoms with Crippen molar-refractivity contribution in [3.05, 3.63) is 76.8 Å². The SMILES string of the molecule is [C-]#[N+]c1ccc2c(-c3ccc4c5c(ccnc35)CCO4)c(C(OC(C)(C)CC)C(=O)O)c(C)cc2c1. The number of hydrogen-bond donors (Lipinski definition) is 1. The Balaban J connectivity index is 1.90. The Labute approximate surface area is 210 Å². The number of fused-ring (bicyclic) bond motifs is 1. The van der Waals surface area contributed by atoms with E-state index in [0.29, 0.717) is 24.3 Å². The number of nitrogens with zero attached hydrogens (tertiary/aromatic N) is 2. The number of carboxylic acids is 1. The minimum absolute atomic E-state index is 0.530. The number of benzene rings is 3. The quantitative estimate of drug-likeness (QED) is 0.296.